The molecule has 0 aliphatic heterocycles. The fourth-order valence-electron chi connectivity index (χ4n) is 2.45. The molecule has 3 aromatic rings. The van der Waals surface area contributed by atoms with Gasteiger partial charge in [-0.2, -0.15) is 0 Å². The maximum atomic E-state index is 12.5. The van der Waals surface area contributed by atoms with Gasteiger partial charge in [0, 0.05) is 18.0 Å². The summed E-state index contributed by atoms with van der Waals surface area (Å²) in [6, 6.07) is 5.42. The standard InChI is InChI=1S/C19H19N3O3S/c1-12-4-6-16-15(8-12)18(24)13(10-25-16)5-7-17(23)21-19-20-14(11-26-19)9-22(2)3/h4-8,10-11H,9H2,1-3H3,(H,20,21,23)/b7-5+. The summed E-state index contributed by atoms with van der Waals surface area (Å²) in [5.74, 6) is -0.348. The number of rotatable bonds is 5. The van der Waals surface area contributed by atoms with Crippen molar-refractivity contribution >= 4 is 39.4 Å². The molecule has 0 saturated carbocycles. The van der Waals surface area contributed by atoms with E-state index in [0.29, 0.717) is 28.2 Å². The molecular weight excluding hydrogens is 350 g/mol. The van der Waals surface area contributed by atoms with Crippen LogP contribution in [0, 0.1) is 6.92 Å². The number of amides is 1. The number of fused-ring (bicyclic) bond motifs is 1. The molecular formula is C19H19N3O3S. The van der Waals surface area contributed by atoms with Gasteiger partial charge in [-0.3, -0.25) is 14.9 Å². The SMILES string of the molecule is Cc1ccc2occ(/C=C/C(=O)Nc3nc(CN(C)C)cs3)c(=O)c2c1. The molecule has 1 N–H and O–H groups in total. The Hall–Kier alpha value is -2.77. The summed E-state index contributed by atoms with van der Waals surface area (Å²) in [4.78, 5) is 30.9. The van der Waals surface area contributed by atoms with Gasteiger partial charge in [0.05, 0.1) is 16.6 Å². The number of benzene rings is 1. The number of thiazole rings is 1. The Kier molecular flexibility index (Phi) is 5.29. The predicted octanol–water partition coefficient (Wildman–Crippen LogP) is 3.27. The third-order valence-corrected chi connectivity index (χ3v) is 4.44. The molecule has 0 fully saturated rings. The Balaban J connectivity index is 1.74. The first-order chi connectivity index (χ1) is 12.4. The van der Waals surface area contributed by atoms with Crippen LogP contribution >= 0.6 is 11.3 Å². The summed E-state index contributed by atoms with van der Waals surface area (Å²) < 4.78 is 5.47. The van der Waals surface area contributed by atoms with Gasteiger partial charge < -0.3 is 9.32 Å². The van der Waals surface area contributed by atoms with Crippen LogP contribution in [-0.2, 0) is 11.3 Å². The van der Waals surface area contributed by atoms with Crippen molar-refractivity contribution in [1.29, 1.82) is 0 Å². The van der Waals surface area contributed by atoms with Crippen LogP contribution in [0.1, 0.15) is 16.8 Å². The van der Waals surface area contributed by atoms with Crippen LogP contribution < -0.4 is 10.7 Å². The minimum absolute atomic E-state index is 0.165. The van der Waals surface area contributed by atoms with Crippen molar-refractivity contribution in [3.8, 4) is 0 Å². The average Bonchev–Trinajstić information content (AvgIpc) is 3.01. The van der Waals surface area contributed by atoms with Crippen LogP contribution in [0.2, 0.25) is 0 Å². The van der Waals surface area contributed by atoms with E-state index in [0.717, 1.165) is 11.3 Å². The van der Waals surface area contributed by atoms with Crippen molar-refractivity contribution in [2.75, 3.05) is 19.4 Å². The number of hydrogen-bond acceptors (Lipinski definition) is 6. The van der Waals surface area contributed by atoms with Crippen molar-refractivity contribution in [3.05, 3.63) is 63.0 Å². The van der Waals surface area contributed by atoms with Gasteiger partial charge in [0.25, 0.3) is 0 Å². The van der Waals surface area contributed by atoms with Crippen molar-refractivity contribution in [1.82, 2.24) is 9.88 Å². The first-order valence-corrected chi connectivity index (χ1v) is 8.91. The van der Waals surface area contributed by atoms with E-state index in [1.165, 1.54) is 29.8 Å². The van der Waals surface area contributed by atoms with E-state index in [-0.39, 0.29) is 11.3 Å². The van der Waals surface area contributed by atoms with Crippen molar-refractivity contribution in [2.45, 2.75) is 13.5 Å². The molecule has 0 saturated heterocycles. The molecule has 0 aliphatic rings. The van der Waals surface area contributed by atoms with Crippen LogP contribution in [0.3, 0.4) is 0 Å². The Morgan fingerprint density at radius 1 is 1.38 bits per heavy atom. The molecule has 1 aromatic carbocycles. The summed E-state index contributed by atoms with van der Waals surface area (Å²) in [7, 11) is 3.91. The van der Waals surface area contributed by atoms with Gasteiger partial charge in [-0.1, -0.05) is 11.6 Å². The number of nitrogens with zero attached hydrogens (tertiary/aromatic N) is 2. The fourth-order valence-corrected chi connectivity index (χ4v) is 3.15. The van der Waals surface area contributed by atoms with Gasteiger partial charge in [-0.15, -0.1) is 11.3 Å². The zero-order valence-electron chi connectivity index (χ0n) is 14.8. The quantitative estimate of drug-likeness (QED) is 0.699. The van der Waals surface area contributed by atoms with Crippen molar-refractivity contribution < 1.29 is 9.21 Å². The van der Waals surface area contributed by atoms with E-state index in [1.54, 1.807) is 12.1 Å². The van der Waals surface area contributed by atoms with Gasteiger partial charge in [0.2, 0.25) is 5.91 Å². The average molecular weight is 369 g/mol. The highest BCUT2D eigenvalue weighted by Gasteiger charge is 2.07. The lowest BCUT2D eigenvalue weighted by Gasteiger charge is -2.05. The number of hydrogen-bond donors (Lipinski definition) is 1. The molecule has 7 heteroatoms. The van der Waals surface area contributed by atoms with E-state index < -0.39 is 0 Å². The van der Waals surface area contributed by atoms with E-state index in [9.17, 15) is 9.59 Å². The van der Waals surface area contributed by atoms with Crippen molar-refractivity contribution in [2.24, 2.45) is 0 Å². The number of nitrogens with one attached hydrogen (secondary N) is 1. The minimum Gasteiger partial charge on any atom is -0.463 e. The second-order valence-electron chi connectivity index (χ2n) is 6.22. The number of aromatic nitrogens is 1. The molecule has 0 aliphatic carbocycles. The number of anilines is 1. The monoisotopic (exact) mass is 369 g/mol. The third-order valence-electron chi connectivity index (χ3n) is 3.63. The second-order valence-corrected chi connectivity index (χ2v) is 7.08. The van der Waals surface area contributed by atoms with Crippen LogP contribution in [0.5, 0.6) is 0 Å². The fraction of sp³-hybridized carbons (Fsp3) is 0.211. The third kappa shape index (κ3) is 4.25. The first-order valence-electron chi connectivity index (χ1n) is 8.03. The van der Waals surface area contributed by atoms with E-state index in [1.807, 2.05) is 37.4 Å². The summed E-state index contributed by atoms with van der Waals surface area (Å²) in [5, 5.41) is 5.63. The molecule has 0 spiro atoms. The van der Waals surface area contributed by atoms with Crippen LogP contribution in [0.4, 0.5) is 5.13 Å². The molecule has 0 unspecified atom stereocenters. The molecule has 0 radical (unpaired) electrons. The maximum Gasteiger partial charge on any atom is 0.250 e. The molecule has 134 valence electrons. The second kappa shape index (κ2) is 7.63. The molecule has 1 amide bonds. The molecule has 3 rings (SSSR count). The van der Waals surface area contributed by atoms with E-state index in [4.69, 9.17) is 4.42 Å². The van der Waals surface area contributed by atoms with Gasteiger partial charge in [0.1, 0.15) is 11.8 Å². The van der Waals surface area contributed by atoms with Gasteiger partial charge in [0.15, 0.2) is 10.6 Å². The summed E-state index contributed by atoms with van der Waals surface area (Å²) in [6.07, 6.45) is 4.13. The molecule has 26 heavy (non-hydrogen) atoms. The molecule has 0 atom stereocenters. The highest BCUT2D eigenvalue weighted by atomic mass is 32.1. The summed E-state index contributed by atoms with van der Waals surface area (Å²) in [5.41, 5.74) is 2.55. The Morgan fingerprint density at radius 3 is 2.96 bits per heavy atom. The minimum atomic E-state index is -0.348. The number of carbonyl (C=O) groups excluding carboxylic acids is 1. The lowest BCUT2D eigenvalue weighted by Crippen LogP contribution is -2.12. The lowest BCUT2D eigenvalue weighted by molar-refractivity contribution is -0.111. The Bertz CT molecular complexity index is 1030. The molecule has 2 heterocycles. The summed E-state index contributed by atoms with van der Waals surface area (Å²) >= 11 is 1.36. The van der Waals surface area contributed by atoms with Gasteiger partial charge in [-0.05, 0) is 39.2 Å². The molecule has 0 bridgehead atoms. The van der Waals surface area contributed by atoms with Crippen LogP contribution in [-0.4, -0.2) is 29.9 Å². The highest BCUT2D eigenvalue weighted by Crippen LogP contribution is 2.17. The Morgan fingerprint density at radius 2 is 2.19 bits per heavy atom. The first kappa shape index (κ1) is 18.0. The summed E-state index contributed by atoms with van der Waals surface area (Å²) in [6.45, 7) is 2.62. The smallest absolute Gasteiger partial charge is 0.250 e. The zero-order valence-corrected chi connectivity index (χ0v) is 15.6. The van der Waals surface area contributed by atoms with Crippen LogP contribution in [0.25, 0.3) is 17.0 Å². The largest absolute Gasteiger partial charge is 0.463 e. The van der Waals surface area contributed by atoms with E-state index in [2.05, 4.69) is 10.3 Å². The lowest BCUT2D eigenvalue weighted by atomic mass is 10.1. The van der Waals surface area contributed by atoms with Gasteiger partial charge in [-0.25, -0.2) is 4.98 Å². The van der Waals surface area contributed by atoms with Crippen LogP contribution in [0.15, 0.2) is 45.1 Å². The highest BCUT2D eigenvalue weighted by molar-refractivity contribution is 7.13. The van der Waals surface area contributed by atoms with Crippen molar-refractivity contribution in [3.63, 3.8) is 0 Å². The zero-order chi connectivity index (χ0) is 18.7. The predicted molar refractivity (Wildman–Crippen MR) is 104 cm³/mol. The number of aryl methyl sites for hydroxylation is 1. The molecule has 6 nitrogen and oxygen atoms in total. The Labute approximate surface area is 154 Å². The maximum absolute atomic E-state index is 12.5. The van der Waals surface area contributed by atoms with Gasteiger partial charge >= 0.3 is 0 Å². The van der Waals surface area contributed by atoms with E-state index >= 15 is 0 Å². The normalized spacial score (nSPS) is 11.5. The topological polar surface area (TPSA) is 75.4 Å². The number of carbonyl (C=O) groups is 1. The molecule has 2 aromatic heterocycles.